The summed E-state index contributed by atoms with van der Waals surface area (Å²) in [5, 5.41) is 0.520. The lowest BCUT2D eigenvalue weighted by atomic mass is 9.94. The summed E-state index contributed by atoms with van der Waals surface area (Å²) in [5.41, 5.74) is 1.51. The van der Waals surface area contributed by atoms with Gasteiger partial charge in [0.2, 0.25) is 0 Å². The first-order valence-electron chi connectivity index (χ1n) is 9.42. The van der Waals surface area contributed by atoms with Crippen molar-refractivity contribution in [2.45, 2.75) is 24.6 Å². The van der Waals surface area contributed by atoms with Crippen molar-refractivity contribution < 1.29 is 9.59 Å². The minimum absolute atomic E-state index is 0.125. The molecule has 5 heteroatoms. The van der Waals surface area contributed by atoms with Crippen molar-refractivity contribution in [3.63, 3.8) is 0 Å². The fourth-order valence-electron chi connectivity index (χ4n) is 3.70. The molecule has 27 heavy (non-hydrogen) atoms. The number of amides is 1. The van der Waals surface area contributed by atoms with Crippen molar-refractivity contribution >= 4 is 28.5 Å². The van der Waals surface area contributed by atoms with E-state index in [0.29, 0.717) is 10.6 Å². The Labute approximate surface area is 163 Å². The molecule has 4 rings (SSSR count). The molecule has 0 aromatic heterocycles. The fourth-order valence-corrected chi connectivity index (χ4v) is 5.08. The van der Waals surface area contributed by atoms with E-state index in [-0.39, 0.29) is 17.1 Å². The van der Waals surface area contributed by atoms with Crippen LogP contribution in [-0.2, 0) is 4.79 Å². The minimum Gasteiger partial charge on any atom is -0.293 e. The number of ketones is 1. The maximum atomic E-state index is 13.2. The summed E-state index contributed by atoms with van der Waals surface area (Å²) in [6.45, 7) is 1.84. The number of carbonyl (C=O) groups is 2. The second kappa shape index (κ2) is 8.19. The highest BCUT2D eigenvalue weighted by Crippen LogP contribution is 2.36. The molecule has 2 unspecified atom stereocenters. The maximum Gasteiger partial charge on any atom is 0.260 e. The number of thioether (sulfide) groups is 1. The number of Topliss-reactive ketones (excluding diaryl/α,β-unsaturated/α-hetero) is 1. The van der Waals surface area contributed by atoms with Gasteiger partial charge in [0.15, 0.2) is 5.78 Å². The van der Waals surface area contributed by atoms with Gasteiger partial charge in [-0.25, -0.2) is 4.99 Å². The summed E-state index contributed by atoms with van der Waals surface area (Å²) in [5.74, 6) is -1.19. The zero-order valence-electron chi connectivity index (χ0n) is 15.1. The van der Waals surface area contributed by atoms with E-state index in [0.717, 1.165) is 31.5 Å². The average Bonchev–Trinajstić information content (AvgIpc) is 2.74. The van der Waals surface area contributed by atoms with Crippen LogP contribution in [0.3, 0.4) is 0 Å². The third kappa shape index (κ3) is 3.89. The molecule has 2 heterocycles. The maximum absolute atomic E-state index is 13.2. The molecule has 2 atom stereocenters. The number of nitrogens with zero attached hydrogens (tertiary/aromatic N) is 2. The fraction of sp³-hybridized carbons (Fsp3) is 0.318. The molecule has 0 bridgehead atoms. The molecule has 2 aromatic rings. The van der Waals surface area contributed by atoms with E-state index in [1.807, 2.05) is 48.5 Å². The third-order valence-electron chi connectivity index (χ3n) is 5.11. The Balaban J connectivity index is 1.70. The van der Waals surface area contributed by atoms with Crippen LogP contribution in [-0.4, -0.2) is 40.1 Å². The van der Waals surface area contributed by atoms with Crippen LogP contribution in [0.15, 0.2) is 65.7 Å². The zero-order chi connectivity index (χ0) is 18.6. The van der Waals surface area contributed by atoms with Crippen LogP contribution in [0.4, 0.5) is 0 Å². The van der Waals surface area contributed by atoms with E-state index < -0.39 is 5.92 Å². The van der Waals surface area contributed by atoms with E-state index in [4.69, 9.17) is 0 Å². The van der Waals surface area contributed by atoms with Gasteiger partial charge in [0.05, 0.1) is 5.37 Å². The van der Waals surface area contributed by atoms with Crippen molar-refractivity contribution in [2.75, 3.05) is 13.1 Å². The van der Waals surface area contributed by atoms with Gasteiger partial charge in [-0.05, 0) is 25.9 Å². The molecule has 1 amide bonds. The second-order valence-corrected chi connectivity index (χ2v) is 8.04. The molecular formula is C22H22N2O2S. The molecule has 0 spiro atoms. The Bertz CT molecular complexity index is 845. The third-order valence-corrected chi connectivity index (χ3v) is 6.47. The van der Waals surface area contributed by atoms with Crippen LogP contribution in [0.25, 0.3) is 0 Å². The lowest BCUT2D eigenvalue weighted by Crippen LogP contribution is -2.49. The van der Waals surface area contributed by atoms with E-state index in [1.54, 1.807) is 23.9 Å². The molecule has 0 aliphatic carbocycles. The smallest absolute Gasteiger partial charge is 0.260 e. The quantitative estimate of drug-likeness (QED) is 0.596. The predicted octanol–water partition coefficient (Wildman–Crippen LogP) is 4.02. The Morgan fingerprint density at radius 1 is 0.926 bits per heavy atom. The molecule has 138 valence electrons. The summed E-state index contributed by atoms with van der Waals surface area (Å²) in [6.07, 6.45) is 3.42. The van der Waals surface area contributed by atoms with Gasteiger partial charge in [-0.1, -0.05) is 78.8 Å². The van der Waals surface area contributed by atoms with E-state index in [9.17, 15) is 9.59 Å². The van der Waals surface area contributed by atoms with E-state index in [2.05, 4.69) is 9.89 Å². The first kappa shape index (κ1) is 18.1. The summed E-state index contributed by atoms with van der Waals surface area (Å²) < 4.78 is 0. The first-order chi connectivity index (χ1) is 13.2. The lowest BCUT2D eigenvalue weighted by Gasteiger charge is -2.39. The van der Waals surface area contributed by atoms with Gasteiger partial charge in [0.25, 0.3) is 5.91 Å². The SMILES string of the molecule is O=C1N=C(c2ccccc2)SC(N2CCCCC2)C1C(=O)c1ccccc1. The zero-order valence-corrected chi connectivity index (χ0v) is 15.9. The number of piperidine rings is 1. The van der Waals surface area contributed by atoms with E-state index in [1.165, 1.54) is 6.42 Å². The number of aliphatic imine (C=N–C) groups is 1. The van der Waals surface area contributed by atoms with Crippen LogP contribution in [0.1, 0.15) is 35.2 Å². The number of likely N-dealkylation sites (tertiary alicyclic amines) is 1. The lowest BCUT2D eigenvalue weighted by molar-refractivity contribution is -0.121. The molecule has 1 saturated heterocycles. The van der Waals surface area contributed by atoms with Gasteiger partial charge in [-0.2, -0.15) is 0 Å². The van der Waals surface area contributed by atoms with Gasteiger partial charge < -0.3 is 0 Å². The minimum atomic E-state index is -0.747. The molecule has 0 saturated carbocycles. The monoisotopic (exact) mass is 378 g/mol. The molecule has 2 aromatic carbocycles. The van der Waals surface area contributed by atoms with Gasteiger partial charge in [0.1, 0.15) is 11.0 Å². The van der Waals surface area contributed by atoms with Crippen molar-refractivity contribution in [3.8, 4) is 0 Å². The summed E-state index contributed by atoms with van der Waals surface area (Å²) >= 11 is 1.56. The van der Waals surface area contributed by atoms with Crippen LogP contribution >= 0.6 is 11.8 Å². The van der Waals surface area contributed by atoms with Gasteiger partial charge >= 0.3 is 0 Å². The Morgan fingerprint density at radius 2 is 1.56 bits per heavy atom. The van der Waals surface area contributed by atoms with Crippen LogP contribution in [0, 0.1) is 5.92 Å². The van der Waals surface area contributed by atoms with E-state index >= 15 is 0 Å². The molecule has 2 aliphatic rings. The summed E-state index contributed by atoms with van der Waals surface area (Å²) in [4.78, 5) is 32.8. The molecule has 0 radical (unpaired) electrons. The molecular weight excluding hydrogens is 356 g/mol. The Hall–Kier alpha value is -2.24. The highest BCUT2D eigenvalue weighted by atomic mass is 32.2. The largest absolute Gasteiger partial charge is 0.293 e. The Morgan fingerprint density at radius 3 is 2.22 bits per heavy atom. The van der Waals surface area contributed by atoms with Gasteiger partial charge in [0, 0.05) is 11.1 Å². The number of rotatable bonds is 4. The topological polar surface area (TPSA) is 49.7 Å². The highest BCUT2D eigenvalue weighted by Gasteiger charge is 2.43. The van der Waals surface area contributed by atoms with Crippen molar-refractivity contribution in [1.29, 1.82) is 0 Å². The Kier molecular flexibility index (Phi) is 5.50. The van der Waals surface area contributed by atoms with Crippen LogP contribution in [0.5, 0.6) is 0 Å². The molecule has 2 aliphatic heterocycles. The number of benzene rings is 2. The van der Waals surface area contributed by atoms with Crippen molar-refractivity contribution in [1.82, 2.24) is 4.90 Å². The highest BCUT2D eigenvalue weighted by molar-refractivity contribution is 8.15. The number of hydrogen-bond donors (Lipinski definition) is 0. The average molecular weight is 378 g/mol. The first-order valence-corrected chi connectivity index (χ1v) is 10.3. The van der Waals surface area contributed by atoms with Crippen LogP contribution in [0.2, 0.25) is 0 Å². The molecule has 0 N–H and O–H groups in total. The summed E-state index contributed by atoms with van der Waals surface area (Å²) in [6, 6.07) is 18.9. The molecule has 1 fully saturated rings. The second-order valence-electron chi connectivity index (χ2n) is 6.93. The van der Waals surface area contributed by atoms with Crippen LogP contribution < -0.4 is 0 Å². The van der Waals surface area contributed by atoms with Gasteiger partial charge in [-0.3, -0.25) is 14.5 Å². The summed E-state index contributed by atoms with van der Waals surface area (Å²) in [7, 11) is 0. The van der Waals surface area contributed by atoms with Gasteiger partial charge in [-0.15, -0.1) is 0 Å². The predicted molar refractivity (Wildman–Crippen MR) is 109 cm³/mol. The number of hydrogen-bond acceptors (Lipinski definition) is 4. The number of carbonyl (C=O) groups excluding carboxylic acids is 2. The van der Waals surface area contributed by atoms with Crippen molar-refractivity contribution in [2.24, 2.45) is 10.9 Å². The van der Waals surface area contributed by atoms with Crippen molar-refractivity contribution in [3.05, 3.63) is 71.8 Å². The molecule has 4 nitrogen and oxygen atoms in total. The normalized spacial score (nSPS) is 23.7. The standard InChI is InChI=1S/C22H22N2O2S/c25-19(16-10-4-1-5-11-16)18-20(26)23-21(17-12-6-2-7-13-17)27-22(18)24-14-8-3-9-15-24/h1-2,4-7,10-13,18,22H,3,8-9,14-15H2.